The summed E-state index contributed by atoms with van der Waals surface area (Å²) in [6.45, 7) is 6.75. The first-order valence-corrected chi connectivity index (χ1v) is 12.7. The number of piperazine rings is 1. The molecular weight excluding hydrogens is 450 g/mol. The highest BCUT2D eigenvalue weighted by atomic mass is 16.2. The fourth-order valence-electron chi connectivity index (χ4n) is 5.74. The Morgan fingerprint density at radius 3 is 2.64 bits per heavy atom. The van der Waals surface area contributed by atoms with Crippen LogP contribution in [0.15, 0.2) is 82.3 Å². The second-order valence-electron chi connectivity index (χ2n) is 10.2. The maximum absolute atomic E-state index is 13.6. The minimum atomic E-state index is -0.221. The summed E-state index contributed by atoms with van der Waals surface area (Å²) in [7, 11) is 0. The van der Waals surface area contributed by atoms with Crippen LogP contribution < -0.4 is 10.7 Å². The SMILES string of the molecule is CC(=O)N1CCN(C2=Nc3c(c(=O)cc(NC4=CCC=CC=C4)n3-c3ccccc3)C3(C)CC23)CC1. The number of aliphatic imine (C=N–C) groups is 1. The summed E-state index contributed by atoms with van der Waals surface area (Å²) < 4.78 is 2.09. The van der Waals surface area contributed by atoms with Gasteiger partial charge in [0.25, 0.3) is 0 Å². The molecule has 2 atom stereocenters. The number of benzene rings is 1. The van der Waals surface area contributed by atoms with Gasteiger partial charge in [-0.2, -0.15) is 0 Å². The van der Waals surface area contributed by atoms with Gasteiger partial charge >= 0.3 is 0 Å². The predicted octanol–water partition coefficient (Wildman–Crippen LogP) is 4.13. The first-order chi connectivity index (χ1) is 17.5. The van der Waals surface area contributed by atoms with Crippen LogP contribution in [0.5, 0.6) is 0 Å². The number of carbonyl (C=O) groups excluding carboxylic acids is 1. The lowest BCUT2D eigenvalue weighted by Crippen LogP contribution is -2.51. The number of nitrogens with one attached hydrogen (secondary N) is 1. The van der Waals surface area contributed by atoms with Gasteiger partial charge in [0.05, 0.1) is 0 Å². The lowest BCUT2D eigenvalue weighted by atomic mass is 9.92. The number of amidine groups is 1. The molecule has 0 bridgehead atoms. The van der Waals surface area contributed by atoms with Gasteiger partial charge in [-0.3, -0.25) is 14.2 Å². The van der Waals surface area contributed by atoms with Crippen LogP contribution >= 0.6 is 0 Å². The summed E-state index contributed by atoms with van der Waals surface area (Å²) in [4.78, 5) is 34.9. The minimum Gasteiger partial charge on any atom is -0.356 e. The maximum Gasteiger partial charge on any atom is 0.219 e. The highest BCUT2D eigenvalue weighted by molar-refractivity contribution is 5.95. The van der Waals surface area contributed by atoms with E-state index >= 15 is 0 Å². The zero-order chi connectivity index (χ0) is 24.9. The van der Waals surface area contributed by atoms with Gasteiger partial charge in [-0.25, -0.2) is 4.99 Å². The number of pyridine rings is 1. The Morgan fingerprint density at radius 1 is 1.11 bits per heavy atom. The van der Waals surface area contributed by atoms with E-state index in [1.807, 2.05) is 41.3 Å². The van der Waals surface area contributed by atoms with E-state index in [1.54, 1.807) is 13.0 Å². The van der Waals surface area contributed by atoms with Crippen molar-refractivity contribution < 1.29 is 4.79 Å². The third kappa shape index (κ3) is 3.79. The van der Waals surface area contributed by atoms with E-state index in [4.69, 9.17) is 4.99 Å². The molecule has 0 radical (unpaired) electrons. The first kappa shape index (κ1) is 22.6. The average molecular weight is 482 g/mol. The summed E-state index contributed by atoms with van der Waals surface area (Å²) in [6.07, 6.45) is 12.0. The lowest BCUT2D eigenvalue weighted by molar-refractivity contribution is -0.130. The number of nitrogens with zero attached hydrogens (tertiary/aromatic N) is 4. The van der Waals surface area contributed by atoms with Crippen molar-refractivity contribution in [1.82, 2.24) is 14.4 Å². The molecule has 2 aliphatic heterocycles. The molecule has 184 valence electrons. The van der Waals surface area contributed by atoms with Crippen LogP contribution in [-0.4, -0.2) is 52.3 Å². The van der Waals surface area contributed by atoms with E-state index < -0.39 is 0 Å². The fraction of sp³-hybridized carbons (Fsp3) is 0.345. The molecule has 36 heavy (non-hydrogen) atoms. The normalized spacial score (nSPS) is 24.3. The maximum atomic E-state index is 13.6. The Kier molecular flexibility index (Phi) is 5.43. The van der Waals surface area contributed by atoms with Crippen molar-refractivity contribution in [3.63, 3.8) is 0 Å². The van der Waals surface area contributed by atoms with Gasteiger partial charge in [-0.15, -0.1) is 0 Å². The molecule has 7 nitrogen and oxygen atoms in total. The quantitative estimate of drug-likeness (QED) is 0.716. The minimum absolute atomic E-state index is 0.0326. The predicted molar refractivity (Wildman–Crippen MR) is 143 cm³/mol. The summed E-state index contributed by atoms with van der Waals surface area (Å²) in [6, 6.07) is 11.8. The Labute approximate surface area is 211 Å². The molecule has 1 N–H and O–H groups in total. The number of allylic oxidation sites excluding steroid dienone is 5. The lowest BCUT2D eigenvalue weighted by Gasteiger charge is -2.38. The molecule has 2 aromatic rings. The second kappa shape index (κ2) is 8.66. The van der Waals surface area contributed by atoms with E-state index in [2.05, 4.69) is 46.0 Å². The van der Waals surface area contributed by atoms with Crippen molar-refractivity contribution in [3.05, 3.63) is 88.3 Å². The summed E-state index contributed by atoms with van der Waals surface area (Å²) in [5, 5.41) is 3.50. The molecule has 2 aliphatic carbocycles. The topological polar surface area (TPSA) is 69.9 Å². The van der Waals surface area contributed by atoms with Gasteiger partial charge in [0, 0.05) is 67.4 Å². The second-order valence-corrected chi connectivity index (χ2v) is 10.2. The van der Waals surface area contributed by atoms with Crippen molar-refractivity contribution in [3.8, 4) is 5.69 Å². The van der Waals surface area contributed by atoms with Gasteiger partial charge in [0.15, 0.2) is 5.43 Å². The van der Waals surface area contributed by atoms with Crippen molar-refractivity contribution in [2.45, 2.75) is 32.1 Å². The van der Waals surface area contributed by atoms with Crippen LogP contribution in [0.2, 0.25) is 0 Å². The van der Waals surface area contributed by atoms with Gasteiger partial charge in [0.1, 0.15) is 17.5 Å². The molecule has 6 rings (SSSR count). The molecule has 2 unspecified atom stereocenters. The van der Waals surface area contributed by atoms with Crippen LogP contribution in [0, 0.1) is 5.92 Å². The highest BCUT2D eigenvalue weighted by Gasteiger charge is 2.60. The van der Waals surface area contributed by atoms with E-state index in [0.29, 0.717) is 24.7 Å². The molecule has 4 aliphatic rings. The summed E-state index contributed by atoms with van der Waals surface area (Å²) >= 11 is 0. The molecule has 1 saturated carbocycles. The Bertz CT molecular complexity index is 1390. The molecule has 1 aromatic carbocycles. The standard InChI is InChI=1S/C29H31N5O2/c1-20(35)32-14-16-33(17-15-32)27-23-19-29(23,2)26-24(36)18-25(30-21-10-6-3-4-7-11-21)34(28(26)31-27)22-12-8-5-9-13-22/h3-6,8-13,18,23,30H,7,14-17,19H2,1-2H3. The number of hydrogen-bond acceptors (Lipinski definition) is 5. The van der Waals surface area contributed by atoms with Gasteiger partial charge in [-0.1, -0.05) is 49.4 Å². The van der Waals surface area contributed by atoms with Crippen molar-refractivity contribution in [2.24, 2.45) is 10.9 Å². The van der Waals surface area contributed by atoms with Gasteiger partial charge in [-0.05, 0) is 31.1 Å². The number of rotatable bonds is 3. The van der Waals surface area contributed by atoms with Crippen molar-refractivity contribution >= 4 is 23.4 Å². The molecule has 2 fully saturated rings. The molecule has 1 amide bonds. The molecule has 1 saturated heterocycles. The molecule has 0 spiro atoms. The first-order valence-electron chi connectivity index (χ1n) is 12.7. The van der Waals surface area contributed by atoms with Gasteiger partial charge in [0.2, 0.25) is 5.91 Å². The number of aromatic nitrogens is 1. The van der Waals surface area contributed by atoms with Crippen molar-refractivity contribution in [2.75, 3.05) is 31.5 Å². The van der Waals surface area contributed by atoms with Gasteiger partial charge < -0.3 is 15.1 Å². The number of amides is 1. The average Bonchev–Trinajstić information content (AvgIpc) is 3.63. The molecule has 3 heterocycles. The monoisotopic (exact) mass is 481 g/mol. The largest absolute Gasteiger partial charge is 0.356 e. The number of hydrogen-bond donors (Lipinski definition) is 1. The van der Waals surface area contributed by atoms with Crippen molar-refractivity contribution in [1.29, 1.82) is 0 Å². The zero-order valence-corrected chi connectivity index (χ0v) is 20.8. The molecule has 7 heteroatoms. The molecule has 1 aromatic heterocycles. The number of anilines is 1. The van der Waals surface area contributed by atoms with Crippen LogP contribution in [0.1, 0.15) is 32.3 Å². The van der Waals surface area contributed by atoms with Crippen LogP contribution in [0.4, 0.5) is 11.6 Å². The third-order valence-corrected chi connectivity index (χ3v) is 7.86. The number of carbonyl (C=O) groups is 1. The van der Waals surface area contributed by atoms with E-state index in [1.165, 1.54) is 0 Å². The Balaban J connectivity index is 1.48. The summed E-state index contributed by atoms with van der Waals surface area (Å²) in [5.41, 5.74) is 2.52. The van der Waals surface area contributed by atoms with E-state index in [-0.39, 0.29) is 22.7 Å². The fourth-order valence-corrected chi connectivity index (χ4v) is 5.74. The highest BCUT2D eigenvalue weighted by Crippen LogP contribution is 2.59. The Hall–Kier alpha value is -3.87. The smallest absolute Gasteiger partial charge is 0.219 e. The van der Waals surface area contributed by atoms with E-state index in [9.17, 15) is 9.59 Å². The third-order valence-electron chi connectivity index (χ3n) is 7.86. The number of para-hydroxylation sites is 1. The van der Waals surface area contributed by atoms with E-state index in [0.717, 1.165) is 48.7 Å². The molecular formula is C29H31N5O2. The summed E-state index contributed by atoms with van der Waals surface area (Å²) in [5.74, 6) is 2.82. The van der Waals surface area contributed by atoms with Crippen LogP contribution in [0.25, 0.3) is 5.69 Å². The van der Waals surface area contributed by atoms with Crippen LogP contribution in [0.3, 0.4) is 0 Å². The zero-order valence-electron chi connectivity index (χ0n) is 20.8. The number of fused-ring (bicyclic) bond motifs is 3. The van der Waals surface area contributed by atoms with Crippen LogP contribution in [-0.2, 0) is 10.2 Å². The Morgan fingerprint density at radius 2 is 1.89 bits per heavy atom.